The molecule has 0 aliphatic heterocycles. The SMILES string of the molecule is CCCC(C)(CC)c1cc(C)oc1F. The van der Waals surface area contributed by atoms with Crippen molar-refractivity contribution in [1.82, 2.24) is 0 Å². The van der Waals surface area contributed by atoms with Crippen LogP contribution in [0.1, 0.15) is 51.4 Å². The summed E-state index contributed by atoms with van der Waals surface area (Å²) < 4.78 is 18.4. The summed E-state index contributed by atoms with van der Waals surface area (Å²) in [5, 5.41) is 0. The molecular weight excluding hydrogens is 179 g/mol. The van der Waals surface area contributed by atoms with Gasteiger partial charge in [0.1, 0.15) is 5.76 Å². The largest absolute Gasteiger partial charge is 0.436 e. The third-order valence-electron chi connectivity index (χ3n) is 3.04. The highest BCUT2D eigenvalue weighted by Gasteiger charge is 2.29. The van der Waals surface area contributed by atoms with Crippen LogP contribution in [0.5, 0.6) is 0 Å². The molecule has 1 nitrogen and oxygen atoms in total. The van der Waals surface area contributed by atoms with Crippen LogP contribution in [-0.2, 0) is 5.41 Å². The summed E-state index contributed by atoms with van der Waals surface area (Å²) in [6, 6.07) is 1.43. The van der Waals surface area contributed by atoms with Crippen molar-refractivity contribution >= 4 is 0 Å². The first-order valence-electron chi connectivity index (χ1n) is 5.30. The summed E-state index contributed by atoms with van der Waals surface area (Å²) in [5.74, 6) is 0.660. The van der Waals surface area contributed by atoms with Crippen molar-refractivity contribution in [2.75, 3.05) is 0 Å². The second-order valence-corrected chi connectivity index (χ2v) is 4.21. The van der Waals surface area contributed by atoms with Gasteiger partial charge < -0.3 is 4.42 Å². The maximum absolute atomic E-state index is 13.4. The molecule has 0 spiro atoms. The van der Waals surface area contributed by atoms with Gasteiger partial charge >= 0.3 is 0 Å². The van der Waals surface area contributed by atoms with Crippen molar-refractivity contribution in [1.29, 1.82) is 0 Å². The van der Waals surface area contributed by atoms with E-state index in [1.807, 2.05) is 6.07 Å². The highest BCUT2D eigenvalue weighted by molar-refractivity contribution is 5.23. The highest BCUT2D eigenvalue weighted by atomic mass is 19.1. The molecule has 0 aliphatic carbocycles. The summed E-state index contributed by atoms with van der Waals surface area (Å²) >= 11 is 0. The standard InChI is InChI=1S/C12H19FO/c1-5-7-12(4,6-2)10-8-9(3)14-11(10)13/h8H,5-7H2,1-4H3. The molecule has 0 N–H and O–H groups in total. The van der Waals surface area contributed by atoms with E-state index in [0.717, 1.165) is 24.8 Å². The lowest BCUT2D eigenvalue weighted by Crippen LogP contribution is -2.21. The Morgan fingerprint density at radius 2 is 2.07 bits per heavy atom. The van der Waals surface area contributed by atoms with E-state index in [2.05, 4.69) is 20.8 Å². The molecule has 0 aromatic carbocycles. The fourth-order valence-corrected chi connectivity index (χ4v) is 1.95. The van der Waals surface area contributed by atoms with Crippen LogP contribution in [0.25, 0.3) is 0 Å². The second-order valence-electron chi connectivity index (χ2n) is 4.21. The van der Waals surface area contributed by atoms with Crippen molar-refractivity contribution in [3.05, 3.63) is 23.4 Å². The van der Waals surface area contributed by atoms with Gasteiger partial charge in [0.2, 0.25) is 0 Å². The number of halogens is 1. The fraction of sp³-hybridized carbons (Fsp3) is 0.667. The van der Waals surface area contributed by atoms with Gasteiger partial charge in [-0.1, -0.05) is 27.2 Å². The molecule has 0 saturated carbocycles. The molecule has 0 amide bonds. The van der Waals surface area contributed by atoms with Gasteiger partial charge in [0, 0.05) is 5.56 Å². The topological polar surface area (TPSA) is 13.1 Å². The van der Waals surface area contributed by atoms with Gasteiger partial charge in [-0.3, -0.25) is 0 Å². The van der Waals surface area contributed by atoms with Crippen molar-refractivity contribution in [3.63, 3.8) is 0 Å². The summed E-state index contributed by atoms with van der Waals surface area (Å²) in [7, 11) is 0. The van der Waals surface area contributed by atoms with Gasteiger partial charge in [-0.2, -0.15) is 4.39 Å². The Labute approximate surface area is 85.3 Å². The fourth-order valence-electron chi connectivity index (χ4n) is 1.95. The van der Waals surface area contributed by atoms with Gasteiger partial charge in [0.15, 0.2) is 0 Å². The number of rotatable bonds is 4. The van der Waals surface area contributed by atoms with E-state index < -0.39 is 6.01 Å². The van der Waals surface area contributed by atoms with Gasteiger partial charge in [0.25, 0.3) is 6.01 Å². The quantitative estimate of drug-likeness (QED) is 0.706. The number of hydrogen-bond acceptors (Lipinski definition) is 1. The van der Waals surface area contributed by atoms with Crippen molar-refractivity contribution < 1.29 is 8.81 Å². The van der Waals surface area contributed by atoms with Crippen LogP contribution >= 0.6 is 0 Å². The number of hydrogen-bond donors (Lipinski definition) is 0. The molecule has 0 bridgehead atoms. The van der Waals surface area contributed by atoms with E-state index in [1.165, 1.54) is 0 Å². The highest BCUT2D eigenvalue weighted by Crippen LogP contribution is 2.35. The van der Waals surface area contributed by atoms with Crippen LogP contribution in [0, 0.1) is 12.9 Å². The van der Waals surface area contributed by atoms with Crippen LogP contribution in [-0.4, -0.2) is 0 Å². The first-order chi connectivity index (χ1) is 6.53. The zero-order valence-corrected chi connectivity index (χ0v) is 9.48. The summed E-state index contributed by atoms with van der Waals surface area (Å²) in [4.78, 5) is 0. The molecule has 1 rings (SSSR count). The monoisotopic (exact) mass is 198 g/mol. The molecule has 1 aromatic rings. The van der Waals surface area contributed by atoms with E-state index in [4.69, 9.17) is 4.42 Å². The smallest absolute Gasteiger partial charge is 0.281 e. The van der Waals surface area contributed by atoms with E-state index in [1.54, 1.807) is 6.92 Å². The minimum Gasteiger partial charge on any atom is -0.436 e. The van der Waals surface area contributed by atoms with Crippen LogP contribution in [0.4, 0.5) is 4.39 Å². The third-order valence-corrected chi connectivity index (χ3v) is 3.04. The first-order valence-corrected chi connectivity index (χ1v) is 5.30. The Hall–Kier alpha value is -0.790. The van der Waals surface area contributed by atoms with Gasteiger partial charge in [-0.25, -0.2) is 0 Å². The van der Waals surface area contributed by atoms with Gasteiger partial charge in [-0.15, -0.1) is 0 Å². The predicted octanol–water partition coefficient (Wildman–Crippen LogP) is 4.19. The molecule has 1 unspecified atom stereocenters. The van der Waals surface area contributed by atoms with Crippen molar-refractivity contribution in [2.45, 2.75) is 52.4 Å². The molecule has 0 fully saturated rings. The zero-order chi connectivity index (χ0) is 10.8. The molecule has 2 heteroatoms. The molecule has 80 valence electrons. The Balaban J connectivity index is 3.04. The van der Waals surface area contributed by atoms with Crippen molar-refractivity contribution in [3.8, 4) is 0 Å². The molecule has 14 heavy (non-hydrogen) atoms. The Morgan fingerprint density at radius 3 is 2.43 bits per heavy atom. The Kier molecular flexibility index (Phi) is 3.35. The molecule has 1 atom stereocenters. The summed E-state index contributed by atoms with van der Waals surface area (Å²) in [6.45, 7) is 8.11. The zero-order valence-electron chi connectivity index (χ0n) is 9.48. The van der Waals surface area contributed by atoms with E-state index in [-0.39, 0.29) is 5.41 Å². The molecule has 1 aromatic heterocycles. The maximum atomic E-state index is 13.4. The van der Waals surface area contributed by atoms with Crippen LogP contribution < -0.4 is 0 Å². The molecule has 0 aliphatic rings. The summed E-state index contributed by atoms with van der Waals surface area (Å²) in [5.41, 5.74) is 0.663. The van der Waals surface area contributed by atoms with Crippen LogP contribution in [0.2, 0.25) is 0 Å². The van der Waals surface area contributed by atoms with E-state index >= 15 is 0 Å². The average molecular weight is 198 g/mol. The maximum Gasteiger partial charge on any atom is 0.281 e. The lowest BCUT2D eigenvalue weighted by molar-refractivity contribution is 0.312. The predicted molar refractivity (Wildman–Crippen MR) is 56.0 cm³/mol. The lowest BCUT2D eigenvalue weighted by atomic mass is 9.77. The molecular formula is C12H19FO. The molecule has 1 heterocycles. The van der Waals surface area contributed by atoms with Crippen LogP contribution in [0.15, 0.2) is 10.5 Å². The lowest BCUT2D eigenvalue weighted by Gasteiger charge is -2.26. The molecule has 0 radical (unpaired) electrons. The van der Waals surface area contributed by atoms with Crippen LogP contribution in [0.3, 0.4) is 0 Å². The Morgan fingerprint density at radius 1 is 1.43 bits per heavy atom. The number of aryl methyl sites for hydroxylation is 1. The third kappa shape index (κ3) is 1.99. The molecule has 0 saturated heterocycles. The van der Waals surface area contributed by atoms with E-state index in [9.17, 15) is 4.39 Å². The normalized spacial score (nSPS) is 15.5. The second kappa shape index (κ2) is 4.16. The Bertz CT molecular complexity index is 303. The number of furan rings is 1. The summed E-state index contributed by atoms with van der Waals surface area (Å²) in [6.07, 6.45) is 3.00. The minimum absolute atomic E-state index is 0.0728. The first kappa shape index (κ1) is 11.3. The average Bonchev–Trinajstić information content (AvgIpc) is 2.46. The van der Waals surface area contributed by atoms with Gasteiger partial charge in [-0.05, 0) is 31.2 Å². The van der Waals surface area contributed by atoms with E-state index in [0.29, 0.717) is 5.76 Å². The van der Waals surface area contributed by atoms with Crippen molar-refractivity contribution in [2.24, 2.45) is 0 Å². The minimum atomic E-state index is -0.402. The van der Waals surface area contributed by atoms with Gasteiger partial charge in [0.05, 0.1) is 0 Å².